The molecule has 0 radical (unpaired) electrons. The van der Waals surface area contributed by atoms with E-state index in [1.165, 1.54) is 0 Å². The fraction of sp³-hybridized carbons (Fsp3) is 0.529. The van der Waals surface area contributed by atoms with Gasteiger partial charge in [0.15, 0.2) is 11.0 Å². The van der Waals surface area contributed by atoms with Gasteiger partial charge in [-0.25, -0.2) is 17.6 Å². The van der Waals surface area contributed by atoms with Gasteiger partial charge in [-0.3, -0.25) is 0 Å². The minimum atomic E-state index is -4.30. The van der Waals surface area contributed by atoms with Crippen molar-refractivity contribution >= 4 is 21.2 Å². The summed E-state index contributed by atoms with van der Waals surface area (Å²) in [6, 6.07) is 7.64. The molecule has 0 unspecified atom stereocenters. The molecule has 0 saturated carbocycles. The number of rotatable bonds is 7. The highest BCUT2D eigenvalue weighted by Gasteiger charge is 2.23. The second kappa shape index (κ2) is 7.32. The van der Waals surface area contributed by atoms with Crippen LogP contribution in [0.25, 0.3) is 11.0 Å². The minimum absolute atomic E-state index is 0.283. The smallest absolute Gasteiger partial charge is 0.254 e. The summed E-state index contributed by atoms with van der Waals surface area (Å²) in [6.07, 6.45) is 1.32. The monoisotopic (exact) mass is 349 g/mol. The van der Waals surface area contributed by atoms with E-state index in [2.05, 4.69) is 10.6 Å². The number of imidazole rings is 1. The van der Waals surface area contributed by atoms with Crippen LogP contribution in [-0.4, -0.2) is 22.8 Å². The molecule has 0 spiro atoms. The molecule has 6 nitrogen and oxygen atoms in total. The Hall–Kier alpha value is -1.91. The van der Waals surface area contributed by atoms with Crippen LogP contribution in [0.15, 0.2) is 18.2 Å². The third-order valence-electron chi connectivity index (χ3n) is 4.48. The van der Waals surface area contributed by atoms with Crippen LogP contribution in [0, 0.1) is 18.3 Å². The lowest BCUT2D eigenvalue weighted by Crippen LogP contribution is -2.35. The van der Waals surface area contributed by atoms with Crippen molar-refractivity contribution in [2.24, 2.45) is 0 Å². The summed E-state index contributed by atoms with van der Waals surface area (Å²) in [5.41, 5.74) is 2.46. The van der Waals surface area contributed by atoms with E-state index >= 15 is 0 Å². The van der Waals surface area contributed by atoms with Crippen LogP contribution < -0.4 is 4.57 Å². The molecule has 1 aromatic carbocycles. The predicted molar refractivity (Wildman–Crippen MR) is 90.3 cm³/mol. The fourth-order valence-electron chi connectivity index (χ4n) is 3.24. The van der Waals surface area contributed by atoms with E-state index in [1.807, 2.05) is 37.5 Å². The van der Waals surface area contributed by atoms with Crippen LogP contribution in [0.3, 0.4) is 0 Å². The lowest BCUT2D eigenvalue weighted by atomic mass is 10.2. The molecule has 0 bridgehead atoms. The summed E-state index contributed by atoms with van der Waals surface area (Å²) in [6.45, 7) is 7.10. The predicted octanol–water partition coefficient (Wildman–Crippen LogP) is 2.23. The lowest BCUT2D eigenvalue weighted by molar-refractivity contribution is -0.675. The van der Waals surface area contributed by atoms with Gasteiger partial charge in [0, 0.05) is 19.4 Å². The third kappa shape index (κ3) is 3.60. The van der Waals surface area contributed by atoms with Gasteiger partial charge < -0.3 is 4.55 Å². The van der Waals surface area contributed by atoms with Crippen molar-refractivity contribution in [3.05, 3.63) is 29.6 Å². The molecular formula is C17H23N3O3S. The maximum atomic E-state index is 11.4. The number of hydrogen-bond donors (Lipinski definition) is 0. The molecule has 7 heteroatoms. The molecule has 2 rings (SSSR count). The standard InChI is InChI=1S/C17H23N3O3S/c1-4-6-15(24(21,22)23)9-10-20-13(3)19(5-2)16-8-7-14(12-18)11-17(16)20/h7-8,11,15H,4-6,9-10H2,1-3H3/t15-/m1/s1. The molecule has 0 aliphatic carbocycles. The number of hydrogen-bond acceptors (Lipinski definition) is 4. The molecule has 0 amide bonds. The first-order chi connectivity index (χ1) is 11.3. The molecule has 2 aromatic rings. The number of nitriles is 1. The number of aryl methyl sites for hydroxylation is 2. The van der Waals surface area contributed by atoms with E-state index < -0.39 is 15.4 Å². The Balaban J connectivity index is 2.44. The second-order valence-electron chi connectivity index (χ2n) is 5.95. The zero-order valence-electron chi connectivity index (χ0n) is 14.3. The maximum absolute atomic E-state index is 11.4. The van der Waals surface area contributed by atoms with E-state index in [9.17, 15) is 13.0 Å². The molecule has 130 valence electrons. The van der Waals surface area contributed by atoms with Crippen molar-refractivity contribution in [2.75, 3.05) is 0 Å². The Morgan fingerprint density at radius 3 is 2.58 bits per heavy atom. The van der Waals surface area contributed by atoms with Crippen LogP contribution in [0.1, 0.15) is 44.5 Å². The van der Waals surface area contributed by atoms with Crippen LogP contribution in [0.5, 0.6) is 0 Å². The van der Waals surface area contributed by atoms with Crippen molar-refractivity contribution in [1.29, 1.82) is 5.26 Å². The highest BCUT2D eigenvalue weighted by atomic mass is 32.2. The summed E-state index contributed by atoms with van der Waals surface area (Å²) in [5.74, 6) is 0.987. The average molecular weight is 349 g/mol. The van der Waals surface area contributed by atoms with Crippen LogP contribution in [0.4, 0.5) is 0 Å². The van der Waals surface area contributed by atoms with Crippen molar-refractivity contribution in [1.82, 2.24) is 4.57 Å². The summed E-state index contributed by atoms with van der Waals surface area (Å²) >= 11 is 0. The van der Waals surface area contributed by atoms with Crippen molar-refractivity contribution < 1.29 is 17.5 Å². The molecule has 1 aromatic heterocycles. The Morgan fingerprint density at radius 2 is 2.04 bits per heavy atom. The third-order valence-corrected chi connectivity index (χ3v) is 5.77. The molecule has 1 heterocycles. The normalized spacial score (nSPS) is 13.1. The number of aromatic nitrogens is 2. The summed E-state index contributed by atoms with van der Waals surface area (Å²) in [4.78, 5) is 0. The molecule has 0 saturated heterocycles. The van der Waals surface area contributed by atoms with Gasteiger partial charge in [-0.2, -0.15) is 5.26 Å². The maximum Gasteiger partial charge on any atom is 0.254 e. The van der Waals surface area contributed by atoms with E-state index in [0.29, 0.717) is 24.9 Å². The Labute approximate surface area is 143 Å². The van der Waals surface area contributed by atoms with Crippen LogP contribution >= 0.6 is 0 Å². The van der Waals surface area contributed by atoms with Gasteiger partial charge in [0.2, 0.25) is 0 Å². The van der Waals surface area contributed by atoms with Crippen molar-refractivity contribution in [2.45, 2.75) is 58.4 Å². The number of fused-ring (bicyclic) bond motifs is 1. The first kappa shape index (κ1) is 18.4. The highest BCUT2D eigenvalue weighted by Crippen LogP contribution is 2.19. The Kier molecular flexibility index (Phi) is 5.62. The van der Waals surface area contributed by atoms with Gasteiger partial charge in [0.05, 0.1) is 40.1 Å². The highest BCUT2D eigenvalue weighted by molar-refractivity contribution is 7.86. The topological polar surface area (TPSA) is 89.8 Å². The van der Waals surface area contributed by atoms with Gasteiger partial charge >= 0.3 is 0 Å². The lowest BCUT2D eigenvalue weighted by Gasteiger charge is -2.19. The molecule has 0 fully saturated rings. The summed E-state index contributed by atoms with van der Waals surface area (Å²) in [5, 5.41) is 8.26. The van der Waals surface area contributed by atoms with Gasteiger partial charge in [-0.05, 0) is 25.5 Å². The zero-order chi connectivity index (χ0) is 17.9. The Bertz CT molecular complexity index is 879. The molecule has 1 atom stereocenters. The molecule has 0 aliphatic heterocycles. The quantitative estimate of drug-likeness (QED) is 0.566. The summed E-state index contributed by atoms with van der Waals surface area (Å²) < 4.78 is 38.4. The zero-order valence-corrected chi connectivity index (χ0v) is 15.1. The first-order valence-electron chi connectivity index (χ1n) is 8.20. The van der Waals surface area contributed by atoms with E-state index in [-0.39, 0.29) is 6.42 Å². The fourth-order valence-corrected chi connectivity index (χ4v) is 4.16. The van der Waals surface area contributed by atoms with Crippen molar-refractivity contribution in [3.63, 3.8) is 0 Å². The van der Waals surface area contributed by atoms with Gasteiger partial charge in [0.25, 0.3) is 5.82 Å². The number of benzene rings is 1. The summed E-state index contributed by atoms with van der Waals surface area (Å²) in [7, 11) is -4.30. The second-order valence-corrected chi connectivity index (χ2v) is 7.60. The van der Waals surface area contributed by atoms with Crippen LogP contribution in [0.2, 0.25) is 0 Å². The van der Waals surface area contributed by atoms with Gasteiger partial charge in [0.1, 0.15) is 0 Å². The molecule has 0 aliphatic rings. The van der Waals surface area contributed by atoms with Gasteiger partial charge in [-0.15, -0.1) is 0 Å². The molecule has 0 N–H and O–H groups in total. The van der Waals surface area contributed by atoms with Crippen molar-refractivity contribution in [3.8, 4) is 6.07 Å². The molecule has 24 heavy (non-hydrogen) atoms. The first-order valence-corrected chi connectivity index (χ1v) is 9.68. The Morgan fingerprint density at radius 1 is 1.33 bits per heavy atom. The number of nitrogens with zero attached hydrogens (tertiary/aromatic N) is 3. The van der Waals surface area contributed by atoms with Gasteiger partial charge in [-0.1, -0.05) is 13.3 Å². The molecular weight excluding hydrogens is 326 g/mol. The SMILES string of the molecule is CCC[C@H](CCn1c(C)[n+](CC)c2ccc(C#N)cc21)S(=O)(=O)[O-]. The van der Waals surface area contributed by atoms with E-state index in [1.54, 1.807) is 6.07 Å². The van der Waals surface area contributed by atoms with E-state index in [0.717, 1.165) is 23.4 Å². The largest absolute Gasteiger partial charge is 0.748 e. The van der Waals surface area contributed by atoms with Crippen LogP contribution in [-0.2, 0) is 23.2 Å². The average Bonchev–Trinajstić information content (AvgIpc) is 2.80. The minimum Gasteiger partial charge on any atom is -0.748 e. The van der Waals surface area contributed by atoms with E-state index in [4.69, 9.17) is 5.26 Å².